The number of carbonyl (C=O) groups excluding carboxylic acids is 2. The fourth-order valence-corrected chi connectivity index (χ4v) is 3.91. The molecular weight excluding hydrogens is 746 g/mol. The number of aryl methyl sites for hydroxylation is 2. The maximum atomic E-state index is 10.5. The molecule has 0 aromatic heterocycles. The van der Waals surface area contributed by atoms with Gasteiger partial charge in [0.15, 0.2) is 0 Å². The molecule has 0 bridgehead atoms. The van der Waals surface area contributed by atoms with E-state index >= 15 is 0 Å². The molecule has 204 valence electrons. The van der Waals surface area contributed by atoms with Gasteiger partial charge in [-0.1, -0.05) is 79.5 Å². The summed E-state index contributed by atoms with van der Waals surface area (Å²) in [6.07, 6.45) is 7.75. The molecule has 0 aliphatic rings. The molecule has 0 atom stereocenters. The topological polar surface area (TPSA) is 75.7 Å². The van der Waals surface area contributed by atoms with Gasteiger partial charge in [-0.05, 0) is 98.2 Å². The predicted octanol–water partition coefficient (Wildman–Crippen LogP) is 2.02. The third-order valence-electron chi connectivity index (χ3n) is 4.86. The zero-order chi connectivity index (χ0) is 26.4. The molecule has 0 spiro atoms. The van der Waals surface area contributed by atoms with Crippen molar-refractivity contribution in [3.63, 3.8) is 0 Å². The molecule has 0 heterocycles. The van der Waals surface area contributed by atoms with E-state index in [0.29, 0.717) is 12.2 Å². The average Bonchev–Trinajstić information content (AvgIpc) is 2.92. The Balaban J connectivity index is -0.000000281. The summed E-state index contributed by atoms with van der Waals surface area (Å²) in [7, 11) is 0. The second-order valence-electron chi connectivity index (χ2n) is 7.58. The number of hydrogen-bond donors (Lipinski definition) is 0. The van der Waals surface area contributed by atoms with Crippen LogP contribution < -0.4 is 113 Å². The van der Waals surface area contributed by atoms with E-state index in [1.165, 1.54) is 30.4 Å². The van der Waals surface area contributed by atoms with Crippen LogP contribution in [0.3, 0.4) is 0 Å². The molecule has 0 amide bonds. The maximum absolute atomic E-state index is 10.5. The van der Waals surface area contributed by atoms with Crippen molar-refractivity contribution in [2.24, 2.45) is 0 Å². The van der Waals surface area contributed by atoms with Crippen molar-refractivity contribution in [3.8, 4) is 5.75 Å². The van der Waals surface area contributed by atoms with Crippen LogP contribution in [-0.2, 0) is 22.5 Å². The molecule has 0 fully saturated rings. The molecule has 5 nitrogen and oxygen atoms in total. The van der Waals surface area contributed by atoms with E-state index in [2.05, 4.69) is 101 Å². The molecule has 0 aliphatic carbocycles. The number of ether oxygens (including phenoxy) is 1. The first-order chi connectivity index (χ1) is 17.5. The first-order valence-corrected chi connectivity index (χ1v) is 14.2. The van der Waals surface area contributed by atoms with E-state index in [-0.39, 0.29) is 118 Å². The Kier molecular flexibility index (Phi) is 35.2. The van der Waals surface area contributed by atoms with Gasteiger partial charge in [0.2, 0.25) is 0 Å². The second kappa shape index (κ2) is 30.7. The smallest absolute Gasteiger partial charge is 1.00 e. The number of hydrogen-bond acceptors (Lipinski definition) is 5. The van der Waals surface area contributed by atoms with Gasteiger partial charge in [-0.15, -0.1) is 0 Å². The quantitative estimate of drug-likeness (QED) is 0.0703. The molecule has 10 heteroatoms. The van der Waals surface area contributed by atoms with E-state index in [9.17, 15) is 4.79 Å². The van der Waals surface area contributed by atoms with Gasteiger partial charge in [-0.2, -0.15) is 0 Å². The Bertz CT molecular complexity index is 980. The van der Waals surface area contributed by atoms with Gasteiger partial charge in [0.25, 0.3) is 6.47 Å². The molecule has 0 saturated heterocycles. The van der Waals surface area contributed by atoms with Crippen LogP contribution in [0.2, 0.25) is 0 Å². The van der Waals surface area contributed by atoms with Crippen LogP contribution >= 0.6 is 47.8 Å². The Labute approximate surface area is 345 Å². The van der Waals surface area contributed by atoms with Crippen LogP contribution in [-0.4, -0.2) is 24.7 Å². The average molecular weight is 782 g/mol. The predicted molar refractivity (Wildman–Crippen MR) is 160 cm³/mol. The number of aldehydes is 1. The standard InChI is InChI=1S/C17H17BrO2.C10H12Br2.CH2O3.CH4.2K.H/c18-16-8-4-14(5-9-16)3-1-2-12-20-17-10-6-15(13-19)7-11-17;11-8-2-1-3-9-4-6-10(12)7-5-9;2-1-4-3;;;;/h4-11,13H,1-3,12H2;4-7H,1-3,8H2;1,3H;1H4;;;/q;;;;2*+1;-1/p-1. The molecule has 3 aromatic rings. The van der Waals surface area contributed by atoms with E-state index in [4.69, 9.17) is 14.8 Å². The van der Waals surface area contributed by atoms with E-state index in [1.54, 1.807) is 12.1 Å². The van der Waals surface area contributed by atoms with Gasteiger partial charge in [-0.3, -0.25) is 9.59 Å². The normalized spacial score (nSPS) is 8.92. The fraction of sp³-hybridized carbons (Fsp3) is 0.310. The van der Waals surface area contributed by atoms with Crippen molar-refractivity contribution in [1.82, 2.24) is 0 Å². The Hall–Kier alpha value is 1.27. The van der Waals surface area contributed by atoms with E-state index in [0.717, 1.165) is 45.6 Å². The van der Waals surface area contributed by atoms with E-state index < -0.39 is 0 Å². The number of unbranched alkanes of at least 4 members (excludes halogenated alkanes) is 2. The Morgan fingerprint density at radius 1 is 0.718 bits per heavy atom. The summed E-state index contributed by atoms with van der Waals surface area (Å²) < 4.78 is 7.91. The van der Waals surface area contributed by atoms with Crippen molar-refractivity contribution in [1.29, 1.82) is 0 Å². The van der Waals surface area contributed by atoms with Gasteiger partial charge >= 0.3 is 103 Å². The van der Waals surface area contributed by atoms with Crippen molar-refractivity contribution in [3.05, 3.63) is 98.4 Å². The van der Waals surface area contributed by atoms with Gasteiger partial charge in [0.05, 0.1) is 6.61 Å². The molecule has 0 aliphatic heterocycles. The minimum atomic E-state index is -0.181. The summed E-state index contributed by atoms with van der Waals surface area (Å²) in [4.78, 5) is 21.8. The summed E-state index contributed by atoms with van der Waals surface area (Å²) in [5.74, 6) is 0.819. The summed E-state index contributed by atoms with van der Waals surface area (Å²) in [6.45, 7) is 0.525. The number of carbonyl (C=O) groups is 2. The van der Waals surface area contributed by atoms with Crippen LogP contribution in [0.5, 0.6) is 5.75 Å². The monoisotopic (exact) mass is 778 g/mol. The van der Waals surface area contributed by atoms with Gasteiger partial charge in [0, 0.05) is 19.8 Å². The van der Waals surface area contributed by atoms with Crippen LogP contribution in [0.15, 0.2) is 81.7 Å². The molecule has 0 unspecified atom stereocenters. The van der Waals surface area contributed by atoms with Gasteiger partial charge < -0.3 is 16.3 Å². The van der Waals surface area contributed by atoms with Crippen LogP contribution in [0.1, 0.15) is 56.0 Å². The third kappa shape index (κ3) is 24.4. The van der Waals surface area contributed by atoms with Crippen LogP contribution in [0, 0.1) is 0 Å². The number of alkyl halides is 1. The first-order valence-electron chi connectivity index (χ1n) is 11.5. The van der Waals surface area contributed by atoms with Crippen molar-refractivity contribution in [2.45, 2.75) is 46.0 Å². The SMILES string of the molecule is BrCCCCc1ccc(Br)cc1.C.O=CO[O-].O=Cc1ccc(OCCCCc2ccc(Br)cc2)cc1.[H-].[K+].[K+]. The van der Waals surface area contributed by atoms with Gasteiger partial charge in [0.1, 0.15) is 12.0 Å². The molecule has 0 radical (unpaired) electrons. The summed E-state index contributed by atoms with van der Waals surface area (Å²) in [5, 5.41) is 9.55. The summed E-state index contributed by atoms with van der Waals surface area (Å²) in [6, 6.07) is 24.2. The second-order valence-corrected chi connectivity index (χ2v) is 10.2. The first kappa shape index (κ1) is 44.7. The minimum absolute atomic E-state index is 0. The number of halogens is 3. The largest absolute Gasteiger partial charge is 1.00 e. The molecule has 0 saturated carbocycles. The van der Waals surface area contributed by atoms with Crippen LogP contribution in [0.4, 0.5) is 0 Å². The van der Waals surface area contributed by atoms with Crippen LogP contribution in [0.25, 0.3) is 0 Å². The fourth-order valence-electron chi connectivity index (χ4n) is 2.99. The zero-order valence-corrected chi connectivity index (χ0v) is 32.9. The Morgan fingerprint density at radius 2 is 1.15 bits per heavy atom. The minimum Gasteiger partial charge on any atom is -1.00 e. The Morgan fingerprint density at radius 3 is 1.54 bits per heavy atom. The van der Waals surface area contributed by atoms with Crippen molar-refractivity contribution < 1.29 is 129 Å². The zero-order valence-electron chi connectivity index (χ0n) is 22.9. The molecule has 0 N–H and O–H groups in total. The molecule has 39 heavy (non-hydrogen) atoms. The van der Waals surface area contributed by atoms with E-state index in [1.807, 2.05) is 12.1 Å². The molecule has 3 rings (SSSR count). The van der Waals surface area contributed by atoms with Crippen molar-refractivity contribution in [2.75, 3.05) is 11.9 Å². The molecular formula is C29H35Br3K2O5. The molecule has 3 aromatic carbocycles. The van der Waals surface area contributed by atoms with Gasteiger partial charge in [-0.25, -0.2) is 0 Å². The number of rotatable bonds is 12. The summed E-state index contributed by atoms with van der Waals surface area (Å²) in [5.41, 5.74) is 3.45. The summed E-state index contributed by atoms with van der Waals surface area (Å²) >= 11 is 10.3. The number of benzene rings is 3. The maximum Gasteiger partial charge on any atom is 1.00 e. The third-order valence-corrected chi connectivity index (χ3v) is 6.48. The van der Waals surface area contributed by atoms with Crippen molar-refractivity contribution >= 4 is 60.5 Å².